The van der Waals surface area contributed by atoms with Crippen LogP contribution in [-0.2, 0) is 0 Å². The average molecular weight is 247 g/mol. The topological polar surface area (TPSA) is 67.2 Å². The highest BCUT2D eigenvalue weighted by Gasteiger charge is 2.27. The molecule has 0 spiro atoms. The molecule has 0 aliphatic carbocycles. The molecule has 7 heteroatoms. The van der Waals surface area contributed by atoms with Crippen LogP contribution in [0.1, 0.15) is 10.4 Å². The van der Waals surface area contributed by atoms with Gasteiger partial charge >= 0.3 is 6.18 Å². The number of rotatable bonds is 3. The molecule has 94 valence electrons. The van der Waals surface area contributed by atoms with Crippen LogP contribution in [0.3, 0.4) is 0 Å². The van der Waals surface area contributed by atoms with Crippen molar-refractivity contribution < 1.29 is 18.0 Å². The van der Waals surface area contributed by atoms with Gasteiger partial charge in [-0.05, 0) is 18.2 Å². The highest BCUT2D eigenvalue weighted by Crippen LogP contribution is 2.22. The number of hydrogen-bond acceptors (Lipinski definition) is 3. The lowest BCUT2D eigenvalue weighted by atomic mass is 10.1. The van der Waals surface area contributed by atoms with Crippen molar-refractivity contribution in [3.63, 3.8) is 0 Å². The fourth-order valence-corrected chi connectivity index (χ4v) is 1.24. The first kappa shape index (κ1) is 13.1. The van der Waals surface area contributed by atoms with Crippen molar-refractivity contribution in [1.29, 1.82) is 0 Å². The predicted octanol–water partition coefficient (Wildman–Crippen LogP) is 1.60. The normalized spacial score (nSPS) is 11.1. The first-order valence-electron chi connectivity index (χ1n) is 4.75. The Kier molecular flexibility index (Phi) is 3.82. The zero-order valence-electron chi connectivity index (χ0n) is 9.06. The number of hydrogen-bond donors (Lipinski definition) is 3. The molecule has 0 saturated heterocycles. The average Bonchev–Trinajstić information content (AvgIpc) is 2.24. The van der Waals surface area contributed by atoms with E-state index in [2.05, 4.69) is 10.6 Å². The van der Waals surface area contributed by atoms with Gasteiger partial charge in [-0.15, -0.1) is 0 Å². The molecular weight excluding hydrogens is 235 g/mol. The lowest BCUT2D eigenvalue weighted by molar-refractivity contribution is -0.115. The van der Waals surface area contributed by atoms with E-state index in [1.54, 1.807) is 0 Å². The van der Waals surface area contributed by atoms with Gasteiger partial charge < -0.3 is 16.4 Å². The summed E-state index contributed by atoms with van der Waals surface area (Å²) >= 11 is 0. The van der Waals surface area contributed by atoms with Gasteiger partial charge in [0.15, 0.2) is 0 Å². The Hall–Kier alpha value is -1.92. The third-order valence-electron chi connectivity index (χ3n) is 1.99. The summed E-state index contributed by atoms with van der Waals surface area (Å²) in [6, 6.07) is 4.10. The van der Waals surface area contributed by atoms with Gasteiger partial charge in [0.2, 0.25) is 0 Å². The van der Waals surface area contributed by atoms with Crippen molar-refractivity contribution in [3.8, 4) is 0 Å². The molecule has 0 aliphatic heterocycles. The van der Waals surface area contributed by atoms with Gasteiger partial charge in [-0.2, -0.15) is 13.2 Å². The summed E-state index contributed by atoms with van der Waals surface area (Å²) in [5, 5.41) is 4.48. The van der Waals surface area contributed by atoms with Crippen LogP contribution in [0.4, 0.5) is 24.5 Å². The molecule has 1 rings (SSSR count). The van der Waals surface area contributed by atoms with E-state index in [1.165, 1.54) is 25.2 Å². The van der Waals surface area contributed by atoms with Crippen molar-refractivity contribution in [2.45, 2.75) is 6.18 Å². The van der Waals surface area contributed by atoms with Gasteiger partial charge in [-0.25, -0.2) is 0 Å². The van der Waals surface area contributed by atoms with Crippen LogP contribution in [0.2, 0.25) is 0 Å². The summed E-state index contributed by atoms with van der Waals surface area (Å²) in [5.74, 6) is -0.477. The summed E-state index contributed by atoms with van der Waals surface area (Å²) in [7, 11) is 1.40. The smallest absolute Gasteiger partial charge is 0.399 e. The van der Waals surface area contributed by atoms with E-state index < -0.39 is 18.6 Å². The van der Waals surface area contributed by atoms with E-state index >= 15 is 0 Å². The number of amides is 1. The number of carbonyl (C=O) groups is 1. The number of anilines is 2. The molecule has 4 N–H and O–H groups in total. The second kappa shape index (κ2) is 4.94. The largest absolute Gasteiger partial charge is 0.405 e. The van der Waals surface area contributed by atoms with Crippen molar-refractivity contribution in [3.05, 3.63) is 23.8 Å². The minimum Gasteiger partial charge on any atom is -0.399 e. The van der Waals surface area contributed by atoms with Crippen molar-refractivity contribution >= 4 is 17.3 Å². The Balaban J connectivity index is 2.95. The van der Waals surface area contributed by atoms with E-state index in [0.717, 1.165) is 0 Å². The number of benzene rings is 1. The lowest BCUT2D eigenvalue weighted by Crippen LogP contribution is -2.24. The molecule has 0 radical (unpaired) electrons. The molecule has 0 heterocycles. The molecule has 4 nitrogen and oxygen atoms in total. The first-order chi connectivity index (χ1) is 7.83. The molecule has 0 fully saturated rings. The van der Waals surface area contributed by atoms with Crippen LogP contribution in [-0.4, -0.2) is 25.7 Å². The summed E-state index contributed by atoms with van der Waals surface area (Å²) < 4.78 is 36.2. The lowest BCUT2D eigenvalue weighted by Gasteiger charge is -2.13. The second-order valence-corrected chi connectivity index (χ2v) is 3.35. The molecule has 0 bridgehead atoms. The van der Waals surface area contributed by atoms with Crippen LogP contribution >= 0.6 is 0 Å². The summed E-state index contributed by atoms with van der Waals surface area (Å²) in [5.41, 5.74) is 5.91. The van der Waals surface area contributed by atoms with E-state index in [-0.39, 0.29) is 16.9 Å². The molecule has 0 atom stereocenters. The number of nitrogens with two attached hydrogens (primary N) is 1. The Morgan fingerprint density at radius 3 is 2.59 bits per heavy atom. The quantitative estimate of drug-likeness (QED) is 0.711. The maximum atomic E-state index is 12.1. The maximum absolute atomic E-state index is 12.1. The van der Waals surface area contributed by atoms with Crippen molar-refractivity contribution in [1.82, 2.24) is 5.32 Å². The molecule has 0 aliphatic rings. The van der Waals surface area contributed by atoms with Crippen LogP contribution < -0.4 is 16.4 Å². The molecule has 17 heavy (non-hydrogen) atoms. The minimum absolute atomic E-state index is 0.0571. The van der Waals surface area contributed by atoms with Gasteiger partial charge in [0.25, 0.3) is 5.91 Å². The van der Waals surface area contributed by atoms with E-state index in [0.29, 0.717) is 0 Å². The van der Waals surface area contributed by atoms with Gasteiger partial charge in [0, 0.05) is 18.4 Å². The van der Waals surface area contributed by atoms with Crippen LogP contribution in [0.5, 0.6) is 0 Å². The summed E-state index contributed by atoms with van der Waals surface area (Å²) in [6.45, 7) is -1.22. The van der Waals surface area contributed by atoms with Crippen LogP contribution in [0.15, 0.2) is 18.2 Å². The van der Waals surface area contributed by atoms with Crippen LogP contribution in [0, 0.1) is 0 Å². The molecule has 1 aromatic carbocycles. The van der Waals surface area contributed by atoms with Crippen molar-refractivity contribution in [2.75, 3.05) is 24.6 Å². The Morgan fingerprint density at radius 1 is 1.41 bits per heavy atom. The van der Waals surface area contributed by atoms with Gasteiger partial charge in [0.1, 0.15) is 6.54 Å². The number of alkyl halides is 3. The van der Waals surface area contributed by atoms with E-state index in [9.17, 15) is 18.0 Å². The fourth-order valence-electron chi connectivity index (χ4n) is 1.24. The highest BCUT2D eigenvalue weighted by atomic mass is 19.4. The molecule has 0 aromatic heterocycles. The molecule has 0 saturated carbocycles. The third-order valence-corrected chi connectivity index (χ3v) is 1.99. The zero-order valence-corrected chi connectivity index (χ0v) is 9.06. The molecule has 1 amide bonds. The van der Waals surface area contributed by atoms with E-state index in [4.69, 9.17) is 5.73 Å². The van der Waals surface area contributed by atoms with Gasteiger partial charge in [-0.1, -0.05) is 0 Å². The van der Waals surface area contributed by atoms with Gasteiger partial charge in [0.05, 0.1) is 5.56 Å². The summed E-state index contributed by atoms with van der Waals surface area (Å²) in [6.07, 6.45) is -4.36. The predicted molar refractivity (Wildman–Crippen MR) is 58.8 cm³/mol. The van der Waals surface area contributed by atoms with E-state index in [1.807, 2.05) is 0 Å². The van der Waals surface area contributed by atoms with Gasteiger partial charge in [-0.3, -0.25) is 4.79 Å². The number of halogens is 3. The Bertz CT molecular complexity index is 418. The summed E-state index contributed by atoms with van der Waals surface area (Å²) in [4.78, 5) is 11.4. The Morgan fingerprint density at radius 2 is 2.06 bits per heavy atom. The molecule has 1 aromatic rings. The van der Waals surface area contributed by atoms with Crippen molar-refractivity contribution in [2.24, 2.45) is 0 Å². The van der Waals surface area contributed by atoms with Crippen LogP contribution in [0.25, 0.3) is 0 Å². The number of carbonyl (C=O) groups excluding carboxylic acids is 1. The standard InChI is InChI=1S/C10H12F3N3O/c1-15-9(17)7-3-2-6(14)4-8(7)16-5-10(11,12)13/h2-4,16H,5,14H2,1H3,(H,15,17). The SMILES string of the molecule is CNC(=O)c1ccc(N)cc1NCC(F)(F)F. The molecular formula is C10H12F3N3O. The minimum atomic E-state index is -4.36. The third kappa shape index (κ3) is 3.86. The number of nitrogens with one attached hydrogen (secondary N) is 2. The Labute approximate surface area is 96.0 Å². The number of nitrogen functional groups attached to an aromatic ring is 1. The fraction of sp³-hybridized carbons (Fsp3) is 0.300. The second-order valence-electron chi connectivity index (χ2n) is 3.35. The monoisotopic (exact) mass is 247 g/mol. The zero-order chi connectivity index (χ0) is 13.1. The first-order valence-corrected chi connectivity index (χ1v) is 4.75. The highest BCUT2D eigenvalue weighted by molar-refractivity contribution is 6.00. The maximum Gasteiger partial charge on any atom is 0.405 e. The molecule has 0 unspecified atom stereocenters.